The fourth-order valence-electron chi connectivity index (χ4n) is 1.29. The largest absolute Gasteiger partial charge is 0.494 e. The first kappa shape index (κ1) is 14.5. The Morgan fingerprint density at radius 1 is 1.44 bits per heavy atom. The second kappa shape index (κ2) is 6.36. The van der Waals surface area contributed by atoms with Gasteiger partial charge in [-0.1, -0.05) is 6.07 Å². The van der Waals surface area contributed by atoms with E-state index in [0.29, 0.717) is 18.8 Å². The highest BCUT2D eigenvalue weighted by molar-refractivity contribution is 7.90. The molecular weight excluding hydrogens is 256 g/mol. The monoisotopic (exact) mass is 272 g/mol. The van der Waals surface area contributed by atoms with Gasteiger partial charge in [-0.2, -0.15) is 0 Å². The Balaban J connectivity index is 2.51. The van der Waals surface area contributed by atoms with Crippen LogP contribution in [0.5, 0.6) is 5.75 Å². The predicted octanol–water partition coefficient (Wildman–Crippen LogP) is 0.239. The summed E-state index contributed by atoms with van der Waals surface area (Å²) < 4.78 is 28.0. The van der Waals surface area contributed by atoms with E-state index in [1.165, 1.54) is 12.1 Å². The van der Waals surface area contributed by atoms with Crippen molar-refractivity contribution in [3.05, 3.63) is 24.3 Å². The van der Waals surface area contributed by atoms with E-state index in [1.54, 1.807) is 12.1 Å². The molecule has 0 unspecified atom stereocenters. The summed E-state index contributed by atoms with van der Waals surface area (Å²) in [6, 6.07) is 6.23. The molecule has 0 saturated carbocycles. The third kappa shape index (κ3) is 4.72. The van der Waals surface area contributed by atoms with Gasteiger partial charge in [0, 0.05) is 12.7 Å². The minimum Gasteiger partial charge on any atom is -0.494 e. The molecule has 0 atom stereocenters. The van der Waals surface area contributed by atoms with Gasteiger partial charge < -0.3 is 4.74 Å². The number of nitrogens with one attached hydrogen (secondary N) is 1. The molecule has 0 bridgehead atoms. The Morgan fingerprint density at radius 2 is 2.17 bits per heavy atom. The van der Waals surface area contributed by atoms with E-state index in [4.69, 9.17) is 10.6 Å². The number of hydrogen-bond donors (Lipinski definition) is 2. The van der Waals surface area contributed by atoms with Gasteiger partial charge in [-0.3, -0.25) is 10.2 Å². The van der Waals surface area contributed by atoms with Crippen molar-refractivity contribution >= 4 is 15.7 Å². The van der Waals surface area contributed by atoms with E-state index in [0.717, 1.165) is 6.26 Å². The molecule has 0 saturated heterocycles. The molecule has 0 heterocycles. The molecule has 0 aliphatic carbocycles. The number of nitrogens with two attached hydrogens (primary N) is 1. The van der Waals surface area contributed by atoms with Crippen molar-refractivity contribution in [3.63, 3.8) is 0 Å². The van der Waals surface area contributed by atoms with Crippen LogP contribution in [0.2, 0.25) is 0 Å². The second-order valence-electron chi connectivity index (χ2n) is 3.77. The zero-order valence-corrected chi connectivity index (χ0v) is 10.9. The van der Waals surface area contributed by atoms with Crippen molar-refractivity contribution in [2.24, 2.45) is 5.84 Å². The summed E-state index contributed by atoms with van der Waals surface area (Å²) in [5.41, 5.74) is 2.02. The van der Waals surface area contributed by atoms with E-state index < -0.39 is 9.84 Å². The molecule has 0 aliphatic heterocycles. The average molecular weight is 272 g/mol. The zero-order chi connectivity index (χ0) is 13.6. The summed E-state index contributed by atoms with van der Waals surface area (Å²) >= 11 is 0. The van der Waals surface area contributed by atoms with Crippen LogP contribution in [0.3, 0.4) is 0 Å². The highest BCUT2D eigenvalue weighted by atomic mass is 32.2. The third-order valence-corrected chi connectivity index (χ3v) is 3.32. The van der Waals surface area contributed by atoms with Crippen LogP contribution in [0.25, 0.3) is 0 Å². The second-order valence-corrected chi connectivity index (χ2v) is 5.78. The van der Waals surface area contributed by atoms with E-state index in [-0.39, 0.29) is 17.2 Å². The number of sulfone groups is 1. The first-order valence-corrected chi connectivity index (χ1v) is 7.25. The summed E-state index contributed by atoms with van der Waals surface area (Å²) in [5.74, 6) is 5.13. The van der Waals surface area contributed by atoms with E-state index in [2.05, 4.69) is 0 Å². The standard InChI is InChI=1S/C11H16N2O4S/c1-18(15,16)10-5-2-4-9(8-10)17-7-3-6-11(14)13-12/h2,4-5,8H,3,6-7,12H2,1H3,(H,13,14). The fourth-order valence-corrected chi connectivity index (χ4v) is 1.95. The van der Waals surface area contributed by atoms with Gasteiger partial charge >= 0.3 is 0 Å². The molecule has 6 nitrogen and oxygen atoms in total. The zero-order valence-electron chi connectivity index (χ0n) is 10.0. The molecule has 0 fully saturated rings. The molecule has 1 rings (SSSR count). The molecular formula is C11H16N2O4S. The van der Waals surface area contributed by atoms with Gasteiger partial charge in [-0.25, -0.2) is 14.3 Å². The summed E-state index contributed by atoms with van der Waals surface area (Å²) in [6.45, 7) is 0.320. The van der Waals surface area contributed by atoms with Crippen LogP contribution in [-0.4, -0.2) is 27.2 Å². The van der Waals surface area contributed by atoms with Crippen molar-refractivity contribution in [1.29, 1.82) is 0 Å². The summed E-state index contributed by atoms with van der Waals surface area (Å²) in [6.07, 6.45) is 1.91. The lowest BCUT2D eigenvalue weighted by Gasteiger charge is -2.07. The number of carbonyl (C=O) groups excluding carboxylic acids is 1. The Morgan fingerprint density at radius 3 is 2.78 bits per heavy atom. The molecule has 1 aromatic rings. The van der Waals surface area contributed by atoms with Crippen molar-refractivity contribution in [1.82, 2.24) is 5.43 Å². The van der Waals surface area contributed by atoms with Crippen LogP contribution in [0.15, 0.2) is 29.2 Å². The normalized spacial score (nSPS) is 11.0. The molecule has 100 valence electrons. The molecule has 7 heteroatoms. The lowest BCUT2D eigenvalue weighted by Crippen LogP contribution is -2.29. The lowest BCUT2D eigenvalue weighted by atomic mass is 10.3. The van der Waals surface area contributed by atoms with E-state index >= 15 is 0 Å². The Kier molecular flexibility index (Phi) is 5.11. The van der Waals surface area contributed by atoms with Gasteiger partial charge in [0.05, 0.1) is 11.5 Å². The van der Waals surface area contributed by atoms with Crippen LogP contribution in [0, 0.1) is 0 Å². The summed E-state index contributed by atoms with van der Waals surface area (Å²) in [7, 11) is -3.23. The molecule has 3 N–H and O–H groups in total. The number of rotatable bonds is 6. The number of ether oxygens (including phenoxy) is 1. The Labute approximate surface area is 106 Å². The van der Waals surface area contributed by atoms with Gasteiger partial charge in [-0.15, -0.1) is 0 Å². The number of hydrazine groups is 1. The Bertz CT molecular complexity index is 514. The molecule has 0 aliphatic rings. The Hall–Kier alpha value is -1.60. The van der Waals surface area contributed by atoms with Gasteiger partial charge in [-0.05, 0) is 24.6 Å². The highest BCUT2D eigenvalue weighted by Gasteiger charge is 2.07. The predicted molar refractivity (Wildman–Crippen MR) is 66.6 cm³/mol. The number of hydrogen-bond acceptors (Lipinski definition) is 5. The molecule has 1 aromatic carbocycles. The number of benzene rings is 1. The molecule has 1 amide bonds. The van der Waals surface area contributed by atoms with E-state index in [9.17, 15) is 13.2 Å². The van der Waals surface area contributed by atoms with Crippen molar-refractivity contribution in [2.75, 3.05) is 12.9 Å². The molecule has 0 spiro atoms. The SMILES string of the molecule is CS(=O)(=O)c1cccc(OCCCC(=O)NN)c1. The number of carbonyl (C=O) groups is 1. The highest BCUT2D eigenvalue weighted by Crippen LogP contribution is 2.17. The first-order chi connectivity index (χ1) is 8.43. The van der Waals surface area contributed by atoms with Crippen LogP contribution in [0.4, 0.5) is 0 Å². The molecule has 18 heavy (non-hydrogen) atoms. The molecule has 0 aromatic heterocycles. The maximum Gasteiger partial charge on any atom is 0.234 e. The van der Waals surface area contributed by atoms with Crippen molar-refractivity contribution in [2.45, 2.75) is 17.7 Å². The first-order valence-electron chi connectivity index (χ1n) is 5.36. The topological polar surface area (TPSA) is 98.5 Å². The van der Waals surface area contributed by atoms with Crippen LogP contribution in [0.1, 0.15) is 12.8 Å². The van der Waals surface area contributed by atoms with Crippen LogP contribution in [-0.2, 0) is 14.6 Å². The van der Waals surface area contributed by atoms with Crippen molar-refractivity contribution in [3.8, 4) is 5.75 Å². The molecule has 0 radical (unpaired) electrons. The maximum atomic E-state index is 11.3. The fraction of sp³-hybridized carbons (Fsp3) is 0.364. The van der Waals surface area contributed by atoms with Crippen molar-refractivity contribution < 1.29 is 17.9 Å². The number of amides is 1. The maximum absolute atomic E-state index is 11.3. The summed E-state index contributed by atoms with van der Waals surface area (Å²) in [5, 5.41) is 0. The third-order valence-electron chi connectivity index (χ3n) is 2.21. The quantitative estimate of drug-likeness (QED) is 0.334. The lowest BCUT2D eigenvalue weighted by molar-refractivity contribution is -0.121. The smallest absolute Gasteiger partial charge is 0.234 e. The van der Waals surface area contributed by atoms with Crippen LogP contribution < -0.4 is 16.0 Å². The minimum absolute atomic E-state index is 0.208. The van der Waals surface area contributed by atoms with Gasteiger partial charge in [0.1, 0.15) is 5.75 Å². The van der Waals surface area contributed by atoms with Gasteiger partial charge in [0.15, 0.2) is 9.84 Å². The van der Waals surface area contributed by atoms with Crippen LogP contribution >= 0.6 is 0 Å². The van der Waals surface area contributed by atoms with Gasteiger partial charge in [0.25, 0.3) is 0 Å². The minimum atomic E-state index is -3.23. The average Bonchev–Trinajstić information content (AvgIpc) is 2.33. The summed E-state index contributed by atoms with van der Waals surface area (Å²) in [4.78, 5) is 11.0. The van der Waals surface area contributed by atoms with E-state index in [1.807, 2.05) is 5.43 Å². The van der Waals surface area contributed by atoms with Gasteiger partial charge in [0.2, 0.25) is 5.91 Å².